The smallest absolute Gasteiger partial charge is 0.220 e. The second-order valence-electron chi connectivity index (χ2n) is 6.86. The molecule has 0 bridgehead atoms. The van der Waals surface area contributed by atoms with Crippen molar-refractivity contribution in [3.8, 4) is 11.1 Å². The van der Waals surface area contributed by atoms with Gasteiger partial charge in [-0.2, -0.15) is 0 Å². The molecule has 6 nitrogen and oxygen atoms in total. The van der Waals surface area contributed by atoms with Crippen LogP contribution in [-0.2, 0) is 6.42 Å². The van der Waals surface area contributed by atoms with Gasteiger partial charge in [0.25, 0.3) is 0 Å². The number of rotatable bonds is 3. The van der Waals surface area contributed by atoms with E-state index < -0.39 is 0 Å². The molecule has 2 aromatic heterocycles. The molecule has 1 aliphatic rings. The molecule has 1 aliphatic carbocycles. The Labute approximate surface area is 157 Å². The van der Waals surface area contributed by atoms with Gasteiger partial charge in [-0.15, -0.1) is 5.16 Å². The average Bonchev–Trinajstić information content (AvgIpc) is 2.68. The van der Waals surface area contributed by atoms with Crippen molar-refractivity contribution in [2.45, 2.75) is 31.6 Å². The number of benzene rings is 1. The Bertz CT molecular complexity index is 987. The number of hydrogen-bond acceptors (Lipinski definition) is 6. The van der Waals surface area contributed by atoms with E-state index in [1.807, 2.05) is 25.1 Å². The number of nitrogen functional groups attached to an aromatic ring is 1. The van der Waals surface area contributed by atoms with E-state index in [0.717, 1.165) is 35.4 Å². The highest BCUT2D eigenvalue weighted by Gasteiger charge is 2.31. The highest BCUT2D eigenvalue weighted by atomic mass is 16.4. The number of pyridine rings is 1. The summed E-state index contributed by atoms with van der Waals surface area (Å²) >= 11 is 0. The molecule has 0 fully saturated rings. The van der Waals surface area contributed by atoms with E-state index in [1.54, 1.807) is 18.6 Å². The first-order valence-electron chi connectivity index (χ1n) is 8.97. The van der Waals surface area contributed by atoms with Crippen molar-refractivity contribution in [2.75, 3.05) is 5.73 Å². The molecule has 1 aromatic carbocycles. The minimum absolute atomic E-state index is 0.0464. The van der Waals surface area contributed by atoms with E-state index in [9.17, 15) is 5.21 Å². The number of nitrogens with two attached hydrogens (primary N) is 1. The molecule has 27 heavy (non-hydrogen) atoms. The normalized spacial score (nSPS) is 19.1. The first-order valence-corrected chi connectivity index (χ1v) is 8.97. The second kappa shape index (κ2) is 7.15. The zero-order chi connectivity index (χ0) is 18.8. The van der Waals surface area contributed by atoms with Crippen molar-refractivity contribution in [1.82, 2.24) is 15.0 Å². The zero-order valence-corrected chi connectivity index (χ0v) is 15.1. The van der Waals surface area contributed by atoms with Crippen LogP contribution in [0.1, 0.15) is 40.8 Å². The number of oxime groups is 1. The van der Waals surface area contributed by atoms with E-state index in [-0.39, 0.29) is 17.8 Å². The molecule has 4 rings (SSSR count). The SMILES string of the molecule is Cc1nc(N)nc2c1C(C=NO)CC(c1ccccc1-c1ccncc1)C2. The van der Waals surface area contributed by atoms with Gasteiger partial charge in [0.1, 0.15) is 0 Å². The number of fused-ring (bicyclic) bond motifs is 1. The molecule has 2 unspecified atom stereocenters. The molecule has 3 N–H and O–H groups in total. The summed E-state index contributed by atoms with van der Waals surface area (Å²) in [5.41, 5.74) is 12.3. The van der Waals surface area contributed by atoms with Gasteiger partial charge in [-0.1, -0.05) is 24.3 Å². The van der Waals surface area contributed by atoms with Crippen LogP contribution in [0.4, 0.5) is 5.95 Å². The van der Waals surface area contributed by atoms with E-state index in [4.69, 9.17) is 5.73 Å². The van der Waals surface area contributed by atoms with Gasteiger partial charge in [-0.25, -0.2) is 9.97 Å². The summed E-state index contributed by atoms with van der Waals surface area (Å²) in [6.45, 7) is 1.93. The summed E-state index contributed by atoms with van der Waals surface area (Å²) in [6.07, 6.45) is 6.79. The lowest BCUT2D eigenvalue weighted by atomic mass is 9.74. The van der Waals surface area contributed by atoms with Crippen LogP contribution in [0, 0.1) is 6.92 Å². The van der Waals surface area contributed by atoms with Crippen molar-refractivity contribution in [3.05, 3.63) is 71.3 Å². The maximum atomic E-state index is 9.18. The van der Waals surface area contributed by atoms with Crippen molar-refractivity contribution in [1.29, 1.82) is 0 Å². The van der Waals surface area contributed by atoms with Crippen molar-refractivity contribution in [2.24, 2.45) is 5.16 Å². The van der Waals surface area contributed by atoms with Gasteiger partial charge in [0.15, 0.2) is 0 Å². The fourth-order valence-corrected chi connectivity index (χ4v) is 4.14. The number of aryl methyl sites for hydroxylation is 1. The third-order valence-corrected chi connectivity index (χ3v) is 5.22. The third kappa shape index (κ3) is 3.26. The standard InChI is InChI=1S/C21H21N5O/c1-13-20-16(12-24-27)10-15(11-19(20)26-21(22)25-13)18-5-3-2-4-17(18)14-6-8-23-9-7-14/h2-9,12,15-16,27H,10-11H2,1H3,(H2,22,25,26). The fourth-order valence-electron chi connectivity index (χ4n) is 4.14. The van der Waals surface area contributed by atoms with Gasteiger partial charge < -0.3 is 10.9 Å². The maximum absolute atomic E-state index is 9.18. The molecule has 3 aromatic rings. The van der Waals surface area contributed by atoms with E-state index >= 15 is 0 Å². The number of hydrogen-bond donors (Lipinski definition) is 2. The largest absolute Gasteiger partial charge is 0.411 e. The van der Waals surface area contributed by atoms with E-state index in [1.165, 1.54) is 11.1 Å². The first-order chi connectivity index (χ1) is 13.2. The van der Waals surface area contributed by atoms with Crippen LogP contribution in [0.25, 0.3) is 11.1 Å². The molecular formula is C21H21N5O. The Morgan fingerprint density at radius 1 is 1.15 bits per heavy atom. The van der Waals surface area contributed by atoms with Crippen molar-refractivity contribution >= 4 is 12.2 Å². The average molecular weight is 359 g/mol. The van der Waals surface area contributed by atoms with Crippen LogP contribution < -0.4 is 5.73 Å². The molecule has 2 atom stereocenters. The molecule has 0 amide bonds. The van der Waals surface area contributed by atoms with Crippen LogP contribution in [0.3, 0.4) is 0 Å². The second-order valence-corrected chi connectivity index (χ2v) is 6.86. The van der Waals surface area contributed by atoms with E-state index in [2.05, 4.69) is 38.3 Å². The summed E-state index contributed by atoms with van der Waals surface area (Å²) in [5.74, 6) is 0.474. The topological polar surface area (TPSA) is 97.3 Å². The Balaban J connectivity index is 1.81. The van der Waals surface area contributed by atoms with Crippen molar-refractivity contribution < 1.29 is 5.21 Å². The molecule has 0 spiro atoms. The van der Waals surface area contributed by atoms with Gasteiger partial charge in [0.2, 0.25) is 5.95 Å². The zero-order valence-electron chi connectivity index (χ0n) is 15.1. The van der Waals surface area contributed by atoms with Crippen LogP contribution in [0.15, 0.2) is 53.9 Å². The molecule has 0 saturated heterocycles. The lowest BCUT2D eigenvalue weighted by Crippen LogP contribution is -2.23. The van der Waals surface area contributed by atoms with Gasteiger partial charge in [0.05, 0.1) is 11.9 Å². The fraction of sp³-hybridized carbons (Fsp3) is 0.238. The van der Waals surface area contributed by atoms with Gasteiger partial charge in [-0.3, -0.25) is 4.98 Å². The van der Waals surface area contributed by atoms with Crippen LogP contribution in [0.2, 0.25) is 0 Å². The van der Waals surface area contributed by atoms with Gasteiger partial charge in [0, 0.05) is 29.6 Å². The lowest BCUT2D eigenvalue weighted by molar-refractivity contribution is 0.318. The summed E-state index contributed by atoms with van der Waals surface area (Å²) < 4.78 is 0. The summed E-state index contributed by atoms with van der Waals surface area (Å²) in [5, 5.41) is 12.5. The predicted molar refractivity (Wildman–Crippen MR) is 105 cm³/mol. The van der Waals surface area contributed by atoms with Crippen LogP contribution >= 0.6 is 0 Å². The van der Waals surface area contributed by atoms with Gasteiger partial charge in [-0.05, 0) is 54.5 Å². The molecule has 136 valence electrons. The molecular weight excluding hydrogens is 338 g/mol. The first kappa shape index (κ1) is 17.1. The third-order valence-electron chi connectivity index (χ3n) is 5.22. The maximum Gasteiger partial charge on any atom is 0.220 e. The molecule has 0 aliphatic heterocycles. The van der Waals surface area contributed by atoms with Crippen LogP contribution in [-0.4, -0.2) is 26.4 Å². The predicted octanol–water partition coefficient (Wildman–Crippen LogP) is 3.70. The highest BCUT2D eigenvalue weighted by molar-refractivity contribution is 5.71. The monoisotopic (exact) mass is 359 g/mol. The highest BCUT2D eigenvalue weighted by Crippen LogP contribution is 2.42. The quantitative estimate of drug-likeness (QED) is 0.422. The number of nitrogens with zero attached hydrogens (tertiary/aromatic N) is 4. The van der Waals surface area contributed by atoms with Gasteiger partial charge >= 0.3 is 0 Å². The molecule has 2 heterocycles. The van der Waals surface area contributed by atoms with Crippen molar-refractivity contribution in [3.63, 3.8) is 0 Å². The Morgan fingerprint density at radius 3 is 2.70 bits per heavy atom. The van der Waals surface area contributed by atoms with Crippen LogP contribution in [0.5, 0.6) is 0 Å². The Hall–Kier alpha value is -3.28. The number of anilines is 1. The summed E-state index contributed by atoms with van der Waals surface area (Å²) in [4.78, 5) is 12.9. The minimum atomic E-state index is -0.0464. The number of aromatic nitrogens is 3. The Kier molecular flexibility index (Phi) is 4.54. The molecule has 0 radical (unpaired) electrons. The summed E-state index contributed by atoms with van der Waals surface area (Å²) in [7, 11) is 0. The minimum Gasteiger partial charge on any atom is -0.411 e. The Morgan fingerprint density at radius 2 is 1.93 bits per heavy atom. The lowest BCUT2D eigenvalue weighted by Gasteiger charge is -2.31. The van der Waals surface area contributed by atoms with E-state index in [0.29, 0.717) is 0 Å². The molecule has 6 heteroatoms. The molecule has 0 saturated carbocycles. The summed E-state index contributed by atoms with van der Waals surface area (Å²) in [6, 6.07) is 12.4.